The molecule has 2 aromatic rings. The fourth-order valence-electron chi connectivity index (χ4n) is 5.57. The molecule has 2 fully saturated rings. The molecule has 0 radical (unpaired) electrons. The van der Waals surface area contributed by atoms with Crippen molar-refractivity contribution in [3.63, 3.8) is 0 Å². The minimum absolute atomic E-state index is 0.00195. The third kappa shape index (κ3) is 4.08. The quantitative estimate of drug-likeness (QED) is 0.704. The minimum Gasteiger partial charge on any atom is -0.393 e. The molecule has 3 N–H and O–H groups in total. The molecule has 0 spiro atoms. The van der Waals surface area contributed by atoms with Crippen molar-refractivity contribution in [3.8, 4) is 11.3 Å². The lowest BCUT2D eigenvalue weighted by Crippen LogP contribution is -2.49. The van der Waals surface area contributed by atoms with Gasteiger partial charge in [-0.1, -0.05) is 24.3 Å². The van der Waals surface area contributed by atoms with E-state index in [1.807, 2.05) is 23.5 Å². The van der Waals surface area contributed by atoms with Crippen LogP contribution in [0.3, 0.4) is 0 Å². The lowest BCUT2D eigenvalue weighted by molar-refractivity contribution is 0.0529. The molecule has 7 nitrogen and oxygen atoms in total. The van der Waals surface area contributed by atoms with Crippen LogP contribution in [0.4, 0.5) is 4.79 Å². The number of aliphatic hydroxyl groups is 2. The topological polar surface area (TPSA) is 90.6 Å². The normalized spacial score (nSPS) is 26.9. The van der Waals surface area contributed by atoms with Gasteiger partial charge in [-0.15, -0.1) is 0 Å². The number of nitrogens with one attached hydrogen (secondary N) is 1. The van der Waals surface area contributed by atoms with Crippen molar-refractivity contribution >= 4 is 6.03 Å². The van der Waals surface area contributed by atoms with Gasteiger partial charge < -0.3 is 25.0 Å². The number of carbonyl (C=O) groups is 1. The number of urea groups is 1. The molecule has 166 valence electrons. The molecule has 1 unspecified atom stereocenters. The fraction of sp³-hybridized carbons (Fsp3) is 0.583. The number of benzene rings is 1. The minimum atomic E-state index is -0.406. The molecule has 2 aliphatic heterocycles. The lowest BCUT2D eigenvalue weighted by atomic mass is 9.86. The molecule has 3 heterocycles. The predicted octanol–water partition coefficient (Wildman–Crippen LogP) is 2.93. The van der Waals surface area contributed by atoms with E-state index in [1.165, 1.54) is 11.1 Å². The number of carbonyl (C=O) groups excluding carboxylic acids is 1. The van der Waals surface area contributed by atoms with Crippen molar-refractivity contribution in [1.82, 2.24) is 19.8 Å². The Morgan fingerprint density at radius 1 is 1.13 bits per heavy atom. The molecular weight excluding hydrogens is 392 g/mol. The first kappa shape index (κ1) is 20.5. The first-order chi connectivity index (χ1) is 15.1. The maximum Gasteiger partial charge on any atom is 0.317 e. The van der Waals surface area contributed by atoms with Crippen molar-refractivity contribution in [2.24, 2.45) is 5.92 Å². The number of imidazole rings is 1. The van der Waals surface area contributed by atoms with Crippen LogP contribution in [-0.4, -0.2) is 62.0 Å². The Labute approximate surface area is 183 Å². The summed E-state index contributed by atoms with van der Waals surface area (Å²) >= 11 is 0. The highest BCUT2D eigenvalue weighted by Gasteiger charge is 2.34. The smallest absolute Gasteiger partial charge is 0.317 e. The van der Waals surface area contributed by atoms with E-state index in [1.54, 1.807) is 0 Å². The van der Waals surface area contributed by atoms with Gasteiger partial charge >= 0.3 is 6.03 Å². The molecule has 1 aromatic carbocycles. The van der Waals surface area contributed by atoms with Crippen LogP contribution < -0.4 is 5.32 Å². The zero-order chi connectivity index (χ0) is 21.4. The van der Waals surface area contributed by atoms with Crippen molar-refractivity contribution in [1.29, 1.82) is 0 Å². The van der Waals surface area contributed by atoms with Gasteiger partial charge in [-0.25, -0.2) is 9.78 Å². The van der Waals surface area contributed by atoms with Gasteiger partial charge in [-0.3, -0.25) is 0 Å². The van der Waals surface area contributed by atoms with Crippen LogP contribution in [0.25, 0.3) is 11.3 Å². The summed E-state index contributed by atoms with van der Waals surface area (Å²) in [5.41, 5.74) is 3.59. The second-order valence-corrected chi connectivity index (χ2v) is 9.37. The summed E-state index contributed by atoms with van der Waals surface area (Å²) in [5, 5.41) is 23.8. The number of fused-ring (bicyclic) bond motifs is 3. The second-order valence-electron chi connectivity index (χ2n) is 9.37. The molecule has 1 saturated heterocycles. The fourth-order valence-corrected chi connectivity index (χ4v) is 5.57. The van der Waals surface area contributed by atoms with Gasteiger partial charge in [0, 0.05) is 24.7 Å². The van der Waals surface area contributed by atoms with Gasteiger partial charge in [0.1, 0.15) is 0 Å². The van der Waals surface area contributed by atoms with E-state index in [2.05, 4.69) is 33.1 Å². The van der Waals surface area contributed by atoms with E-state index in [4.69, 9.17) is 0 Å². The van der Waals surface area contributed by atoms with E-state index in [9.17, 15) is 15.0 Å². The molecule has 2 amide bonds. The van der Waals surface area contributed by atoms with Crippen molar-refractivity contribution in [2.45, 2.75) is 69.2 Å². The van der Waals surface area contributed by atoms with Crippen LogP contribution in [0.2, 0.25) is 0 Å². The Morgan fingerprint density at radius 3 is 2.65 bits per heavy atom. The summed E-state index contributed by atoms with van der Waals surface area (Å²) in [6.07, 6.45) is 8.69. The number of likely N-dealkylation sites (tertiary alicyclic amines) is 1. The Morgan fingerprint density at radius 2 is 1.87 bits per heavy atom. The van der Waals surface area contributed by atoms with E-state index in [0.29, 0.717) is 19.5 Å². The number of amides is 2. The first-order valence-electron chi connectivity index (χ1n) is 11.6. The molecule has 31 heavy (non-hydrogen) atoms. The Bertz CT molecular complexity index is 913. The highest BCUT2D eigenvalue weighted by molar-refractivity contribution is 5.74. The third-order valence-electron chi connectivity index (χ3n) is 7.46. The molecule has 1 saturated carbocycles. The lowest BCUT2D eigenvalue weighted by Gasteiger charge is -2.36. The van der Waals surface area contributed by atoms with Gasteiger partial charge in [0.25, 0.3) is 0 Å². The maximum atomic E-state index is 12.6. The van der Waals surface area contributed by atoms with Crippen LogP contribution in [0.15, 0.2) is 36.8 Å². The molecule has 1 aromatic heterocycles. The zero-order valence-electron chi connectivity index (χ0n) is 17.9. The molecule has 0 bridgehead atoms. The molecule has 2 atom stereocenters. The van der Waals surface area contributed by atoms with Gasteiger partial charge in [0.2, 0.25) is 0 Å². The summed E-state index contributed by atoms with van der Waals surface area (Å²) in [6, 6.07) is 8.67. The monoisotopic (exact) mass is 424 g/mol. The maximum absolute atomic E-state index is 12.6. The van der Waals surface area contributed by atoms with Gasteiger partial charge in [-0.05, 0) is 56.4 Å². The first-order valence-corrected chi connectivity index (χ1v) is 11.6. The molecule has 1 aliphatic carbocycles. The Kier molecular flexibility index (Phi) is 5.71. The number of hydrogen-bond acceptors (Lipinski definition) is 4. The summed E-state index contributed by atoms with van der Waals surface area (Å²) < 4.78 is 2.18. The number of piperidine rings is 1. The van der Waals surface area contributed by atoms with E-state index in [0.717, 1.165) is 44.2 Å². The van der Waals surface area contributed by atoms with E-state index < -0.39 is 6.10 Å². The summed E-state index contributed by atoms with van der Waals surface area (Å²) in [4.78, 5) is 18.8. The average Bonchev–Trinajstić information content (AvgIpc) is 3.38. The van der Waals surface area contributed by atoms with Crippen LogP contribution in [-0.2, 0) is 0 Å². The van der Waals surface area contributed by atoms with Crippen LogP contribution in [0.5, 0.6) is 0 Å². The Hall–Kier alpha value is -2.38. The average molecular weight is 425 g/mol. The molecular formula is C24H32N4O3. The molecule has 7 heteroatoms. The number of aliphatic hydroxyl groups excluding tert-OH is 2. The number of nitrogens with zero attached hydrogens (tertiary/aromatic N) is 3. The Balaban J connectivity index is 1.15. The van der Waals surface area contributed by atoms with E-state index in [-0.39, 0.29) is 30.1 Å². The van der Waals surface area contributed by atoms with Gasteiger partial charge in [0.15, 0.2) is 0 Å². The number of rotatable bonds is 4. The van der Waals surface area contributed by atoms with Crippen LogP contribution in [0.1, 0.15) is 56.6 Å². The second kappa shape index (κ2) is 8.63. The highest BCUT2D eigenvalue weighted by Crippen LogP contribution is 2.42. The summed E-state index contributed by atoms with van der Waals surface area (Å²) in [6.45, 7) is 1.36. The van der Waals surface area contributed by atoms with Crippen LogP contribution in [0, 0.1) is 5.92 Å². The molecule has 5 rings (SSSR count). The SMILES string of the molecule is O=C(NC1CCC(O)CC1)N1CCC([C@H](O)CC2c3ccccc3-c3cncn32)CC1. The van der Waals surface area contributed by atoms with Gasteiger partial charge in [-0.2, -0.15) is 0 Å². The molecule has 3 aliphatic rings. The van der Waals surface area contributed by atoms with Crippen LogP contribution >= 0.6 is 0 Å². The van der Waals surface area contributed by atoms with E-state index >= 15 is 0 Å². The number of aromatic nitrogens is 2. The summed E-state index contributed by atoms with van der Waals surface area (Å²) in [5.74, 6) is 0.202. The van der Waals surface area contributed by atoms with Crippen molar-refractivity contribution < 1.29 is 15.0 Å². The van der Waals surface area contributed by atoms with Crippen molar-refractivity contribution in [3.05, 3.63) is 42.4 Å². The van der Waals surface area contributed by atoms with Gasteiger partial charge in [0.05, 0.1) is 36.5 Å². The van der Waals surface area contributed by atoms with Crippen molar-refractivity contribution in [2.75, 3.05) is 13.1 Å². The zero-order valence-corrected chi connectivity index (χ0v) is 17.9. The third-order valence-corrected chi connectivity index (χ3v) is 7.46. The summed E-state index contributed by atoms with van der Waals surface area (Å²) in [7, 11) is 0. The standard InChI is InChI=1S/C24H32N4O3/c29-18-7-5-17(6-8-18)26-24(31)27-11-9-16(10-12-27)23(30)13-21-19-3-1-2-4-20(19)22-14-25-15-28(21)22/h1-4,14-18,21,23,29-30H,5-13H2,(H,26,31)/t17?,18?,21?,23-/m1/s1. The largest absolute Gasteiger partial charge is 0.393 e. The highest BCUT2D eigenvalue weighted by atomic mass is 16.3. The predicted molar refractivity (Wildman–Crippen MR) is 118 cm³/mol. The number of hydrogen-bond donors (Lipinski definition) is 3.